The zero-order valence-electron chi connectivity index (χ0n) is 11.8. The number of ether oxygens (including phenoxy) is 2. The summed E-state index contributed by atoms with van der Waals surface area (Å²) >= 11 is 0. The van der Waals surface area contributed by atoms with Gasteiger partial charge in [0.15, 0.2) is 5.79 Å². The van der Waals surface area contributed by atoms with Crippen LogP contribution in [0.5, 0.6) is 0 Å². The summed E-state index contributed by atoms with van der Waals surface area (Å²) in [4.78, 5) is 0. The van der Waals surface area contributed by atoms with Crippen molar-refractivity contribution in [3.8, 4) is 0 Å². The molecule has 110 valence electrons. The SMILES string of the molecule is OC[C@H](NC1CCC2(CC1)OCCO2)c1ccccc1. The van der Waals surface area contributed by atoms with E-state index in [9.17, 15) is 5.11 Å². The van der Waals surface area contributed by atoms with E-state index in [-0.39, 0.29) is 18.4 Å². The molecule has 1 aliphatic heterocycles. The molecule has 4 heteroatoms. The Kier molecular flexibility index (Phi) is 4.36. The summed E-state index contributed by atoms with van der Waals surface area (Å²) in [6.07, 6.45) is 3.95. The van der Waals surface area contributed by atoms with Gasteiger partial charge in [-0.2, -0.15) is 0 Å². The second kappa shape index (κ2) is 6.22. The van der Waals surface area contributed by atoms with Crippen LogP contribution >= 0.6 is 0 Å². The van der Waals surface area contributed by atoms with Crippen molar-refractivity contribution in [3.05, 3.63) is 35.9 Å². The first-order valence-electron chi connectivity index (χ1n) is 7.51. The highest BCUT2D eigenvalue weighted by molar-refractivity contribution is 5.19. The summed E-state index contributed by atoms with van der Waals surface area (Å²) in [7, 11) is 0. The second-order valence-corrected chi connectivity index (χ2v) is 5.69. The van der Waals surface area contributed by atoms with Crippen LogP contribution in [0.25, 0.3) is 0 Å². The molecule has 0 aromatic heterocycles. The third-order valence-electron chi connectivity index (χ3n) is 4.38. The van der Waals surface area contributed by atoms with Gasteiger partial charge in [-0.15, -0.1) is 0 Å². The van der Waals surface area contributed by atoms with Crippen LogP contribution in [0, 0.1) is 0 Å². The Labute approximate surface area is 120 Å². The lowest BCUT2D eigenvalue weighted by atomic mass is 9.89. The first-order chi connectivity index (χ1) is 9.81. The van der Waals surface area contributed by atoms with Gasteiger partial charge in [0, 0.05) is 18.9 Å². The fourth-order valence-electron chi connectivity index (χ4n) is 3.23. The minimum Gasteiger partial charge on any atom is -0.394 e. The Morgan fingerprint density at radius 2 is 1.80 bits per heavy atom. The third kappa shape index (κ3) is 3.04. The van der Waals surface area contributed by atoms with Crippen LogP contribution in [0.15, 0.2) is 30.3 Å². The van der Waals surface area contributed by atoms with Gasteiger partial charge in [-0.05, 0) is 18.4 Å². The van der Waals surface area contributed by atoms with Gasteiger partial charge in [0.25, 0.3) is 0 Å². The summed E-state index contributed by atoms with van der Waals surface area (Å²) in [5.41, 5.74) is 1.14. The van der Waals surface area contributed by atoms with Crippen LogP contribution < -0.4 is 5.32 Å². The Bertz CT molecular complexity index is 407. The predicted octanol–water partition coefficient (Wildman–Crippen LogP) is 2.00. The summed E-state index contributed by atoms with van der Waals surface area (Å²) in [6.45, 7) is 1.57. The molecule has 1 atom stereocenters. The molecule has 1 aromatic carbocycles. The number of rotatable bonds is 4. The van der Waals surface area contributed by atoms with Gasteiger partial charge in [0.2, 0.25) is 0 Å². The van der Waals surface area contributed by atoms with Crippen molar-refractivity contribution in [1.29, 1.82) is 0 Å². The average Bonchev–Trinajstić information content (AvgIpc) is 2.96. The highest BCUT2D eigenvalue weighted by Gasteiger charge is 2.40. The molecule has 2 aliphatic rings. The van der Waals surface area contributed by atoms with Crippen molar-refractivity contribution in [2.24, 2.45) is 0 Å². The van der Waals surface area contributed by atoms with E-state index in [0.717, 1.165) is 44.5 Å². The monoisotopic (exact) mass is 277 g/mol. The van der Waals surface area contributed by atoms with Crippen molar-refractivity contribution in [3.63, 3.8) is 0 Å². The van der Waals surface area contributed by atoms with E-state index in [1.165, 1.54) is 0 Å². The first-order valence-corrected chi connectivity index (χ1v) is 7.51. The molecule has 0 bridgehead atoms. The Morgan fingerprint density at radius 1 is 1.15 bits per heavy atom. The highest BCUT2D eigenvalue weighted by Crippen LogP contribution is 2.36. The van der Waals surface area contributed by atoms with Gasteiger partial charge in [-0.1, -0.05) is 30.3 Å². The van der Waals surface area contributed by atoms with Gasteiger partial charge in [-0.3, -0.25) is 0 Å². The van der Waals surface area contributed by atoms with E-state index in [0.29, 0.717) is 6.04 Å². The summed E-state index contributed by atoms with van der Waals surface area (Å²) < 4.78 is 11.5. The highest BCUT2D eigenvalue weighted by atomic mass is 16.7. The number of hydrogen-bond acceptors (Lipinski definition) is 4. The fourth-order valence-corrected chi connectivity index (χ4v) is 3.23. The predicted molar refractivity (Wildman–Crippen MR) is 76.3 cm³/mol. The van der Waals surface area contributed by atoms with Gasteiger partial charge in [0.05, 0.1) is 25.9 Å². The third-order valence-corrected chi connectivity index (χ3v) is 4.38. The Morgan fingerprint density at radius 3 is 2.40 bits per heavy atom. The van der Waals surface area contributed by atoms with Crippen molar-refractivity contribution in [2.45, 2.75) is 43.6 Å². The molecule has 0 radical (unpaired) electrons. The van der Waals surface area contributed by atoms with E-state index >= 15 is 0 Å². The lowest BCUT2D eigenvalue weighted by molar-refractivity contribution is -0.179. The number of hydrogen-bond donors (Lipinski definition) is 2. The van der Waals surface area contributed by atoms with E-state index < -0.39 is 0 Å². The quantitative estimate of drug-likeness (QED) is 0.884. The van der Waals surface area contributed by atoms with Crippen LogP contribution in [0.2, 0.25) is 0 Å². The molecular formula is C16H23NO3. The summed E-state index contributed by atoms with van der Waals surface area (Å²) in [5, 5.41) is 13.2. The van der Waals surface area contributed by atoms with Crippen molar-refractivity contribution in [2.75, 3.05) is 19.8 Å². The normalized spacial score (nSPS) is 24.1. The molecule has 2 fully saturated rings. The first kappa shape index (κ1) is 14.0. The van der Waals surface area contributed by atoms with Crippen LogP contribution in [0.4, 0.5) is 0 Å². The maximum atomic E-state index is 9.60. The van der Waals surface area contributed by atoms with Gasteiger partial charge < -0.3 is 19.9 Å². The molecule has 1 aromatic rings. The van der Waals surface area contributed by atoms with Crippen molar-refractivity contribution in [1.82, 2.24) is 5.32 Å². The molecule has 1 heterocycles. The molecule has 0 unspecified atom stereocenters. The topological polar surface area (TPSA) is 50.7 Å². The van der Waals surface area contributed by atoms with Crippen molar-refractivity contribution < 1.29 is 14.6 Å². The zero-order valence-corrected chi connectivity index (χ0v) is 11.8. The van der Waals surface area contributed by atoms with Crippen LogP contribution in [0.1, 0.15) is 37.3 Å². The lowest BCUT2D eigenvalue weighted by Crippen LogP contribution is -2.43. The molecular weight excluding hydrogens is 254 g/mol. The molecule has 3 rings (SSSR count). The molecule has 20 heavy (non-hydrogen) atoms. The Balaban J connectivity index is 1.55. The van der Waals surface area contributed by atoms with Gasteiger partial charge >= 0.3 is 0 Å². The average molecular weight is 277 g/mol. The summed E-state index contributed by atoms with van der Waals surface area (Å²) in [6, 6.07) is 10.6. The van der Waals surface area contributed by atoms with Gasteiger partial charge in [-0.25, -0.2) is 0 Å². The maximum absolute atomic E-state index is 9.60. The van der Waals surface area contributed by atoms with Crippen molar-refractivity contribution >= 4 is 0 Å². The molecule has 2 N–H and O–H groups in total. The minimum absolute atomic E-state index is 0.0145. The largest absolute Gasteiger partial charge is 0.394 e. The molecule has 0 amide bonds. The fraction of sp³-hybridized carbons (Fsp3) is 0.625. The van der Waals surface area contributed by atoms with E-state index in [4.69, 9.17) is 9.47 Å². The molecule has 1 saturated carbocycles. The lowest BCUT2D eigenvalue weighted by Gasteiger charge is -2.37. The second-order valence-electron chi connectivity index (χ2n) is 5.69. The van der Waals surface area contributed by atoms with Crippen LogP contribution in [-0.4, -0.2) is 36.8 Å². The number of benzene rings is 1. The van der Waals surface area contributed by atoms with Gasteiger partial charge in [0.1, 0.15) is 0 Å². The number of aliphatic hydroxyl groups excluding tert-OH is 1. The van der Waals surface area contributed by atoms with E-state index in [1.54, 1.807) is 0 Å². The molecule has 4 nitrogen and oxygen atoms in total. The van der Waals surface area contributed by atoms with Crippen LogP contribution in [-0.2, 0) is 9.47 Å². The standard InChI is InChI=1S/C16H23NO3/c18-12-15(13-4-2-1-3-5-13)17-14-6-8-16(9-7-14)19-10-11-20-16/h1-5,14-15,17-18H,6-12H2/t15-/m0/s1. The molecule has 1 aliphatic carbocycles. The molecule has 1 saturated heterocycles. The zero-order chi connectivity index (χ0) is 13.8. The smallest absolute Gasteiger partial charge is 0.168 e. The number of nitrogens with one attached hydrogen (secondary N) is 1. The molecule has 1 spiro atoms. The van der Waals surface area contributed by atoms with E-state index in [2.05, 4.69) is 17.4 Å². The Hall–Kier alpha value is -0.940. The minimum atomic E-state index is -0.306. The van der Waals surface area contributed by atoms with Crippen LogP contribution in [0.3, 0.4) is 0 Å². The number of aliphatic hydroxyl groups is 1. The summed E-state index contributed by atoms with van der Waals surface area (Å²) in [5.74, 6) is -0.306. The maximum Gasteiger partial charge on any atom is 0.168 e. The van der Waals surface area contributed by atoms with E-state index in [1.807, 2.05) is 18.2 Å².